The van der Waals surface area contributed by atoms with Crippen LogP contribution in [0.25, 0.3) is 10.9 Å². The zero-order valence-corrected chi connectivity index (χ0v) is 15.1. The van der Waals surface area contributed by atoms with Crippen LogP contribution in [0.2, 0.25) is 0 Å². The second-order valence-corrected chi connectivity index (χ2v) is 7.01. The maximum absolute atomic E-state index is 13.2. The van der Waals surface area contributed by atoms with E-state index in [-0.39, 0.29) is 17.0 Å². The van der Waals surface area contributed by atoms with Gasteiger partial charge in [0.25, 0.3) is 11.5 Å². The zero-order chi connectivity index (χ0) is 18.1. The lowest BCUT2D eigenvalue weighted by molar-refractivity contribution is 0.0734. The van der Waals surface area contributed by atoms with Crippen LogP contribution >= 0.6 is 0 Å². The Labute approximate surface area is 152 Å². The monoisotopic (exact) mass is 355 g/mol. The van der Waals surface area contributed by atoms with Crippen molar-refractivity contribution in [1.29, 1.82) is 0 Å². The topological polar surface area (TPSA) is 80.5 Å². The minimum atomic E-state index is -0.293. The van der Waals surface area contributed by atoms with Gasteiger partial charge < -0.3 is 25.4 Å². The van der Waals surface area contributed by atoms with Crippen molar-refractivity contribution in [3.8, 4) is 0 Å². The highest BCUT2D eigenvalue weighted by atomic mass is 16.2. The molecule has 1 aromatic carbocycles. The summed E-state index contributed by atoms with van der Waals surface area (Å²) in [5.41, 5.74) is 2.68. The quantitative estimate of drug-likeness (QED) is 0.722. The van der Waals surface area contributed by atoms with Gasteiger partial charge in [0, 0.05) is 57.7 Å². The smallest absolute Gasteiger partial charge is 0.263 e. The van der Waals surface area contributed by atoms with E-state index in [0.29, 0.717) is 13.1 Å². The molecule has 7 heteroatoms. The number of aromatic nitrogens is 1. The molecule has 1 aromatic heterocycles. The molecular formula is C19H25N5O2. The van der Waals surface area contributed by atoms with Crippen molar-refractivity contribution >= 4 is 22.5 Å². The lowest BCUT2D eigenvalue weighted by Gasteiger charge is -2.33. The molecule has 7 nitrogen and oxygen atoms in total. The molecule has 138 valence electrons. The first-order chi connectivity index (χ1) is 12.6. The van der Waals surface area contributed by atoms with Crippen molar-refractivity contribution in [2.45, 2.75) is 6.92 Å². The van der Waals surface area contributed by atoms with E-state index in [2.05, 4.69) is 26.6 Å². The van der Waals surface area contributed by atoms with Crippen molar-refractivity contribution < 1.29 is 4.79 Å². The molecule has 0 spiro atoms. The van der Waals surface area contributed by atoms with Crippen LogP contribution in [0.4, 0.5) is 5.69 Å². The van der Waals surface area contributed by atoms with Gasteiger partial charge in [-0.1, -0.05) is 11.6 Å². The van der Waals surface area contributed by atoms with E-state index in [4.69, 9.17) is 0 Å². The number of H-pyrrole nitrogens is 1. The van der Waals surface area contributed by atoms with Crippen LogP contribution in [0.15, 0.2) is 23.0 Å². The largest absolute Gasteiger partial charge is 0.368 e. The Balaban J connectivity index is 1.90. The molecule has 0 radical (unpaired) electrons. The van der Waals surface area contributed by atoms with E-state index < -0.39 is 0 Å². The fraction of sp³-hybridized carbons (Fsp3) is 0.474. The van der Waals surface area contributed by atoms with Crippen LogP contribution in [-0.2, 0) is 0 Å². The Bertz CT molecular complexity index is 879. The second kappa shape index (κ2) is 7.09. The minimum absolute atomic E-state index is 0.162. The molecule has 0 atom stereocenters. The normalized spacial score (nSPS) is 18.3. The number of nitrogens with one attached hydrogen (secondary N) is 3. The molecule has 2 aromatic rings. The third-order valence-electron chi connectivity index (χ3n) is 5.19. The fourth-order valence-electron chi connectivity index (χ4n) is 3.83. The summed E-state index contributed by atoms with van der Waals surface area (Å²) in [5.74, 6) is -0.162. The number of rotatable bonds is 2. The SMILES string of the molecule is Cc1ccc2[nH]c(=O)c(C(=O)N3CCNCC3)c(N3CCNCC3)c2c1. The molecule has 0 saturated carbocycles. The molecular weight excluding hydrogens is 330 g/mol. The minimum Gasteiger partial charge on any atom is -0.368 e. The maximum Gasteiger partial charge on any atom is 0.263 e. The van der Waals surface area contributed by atoms with Crippen molar-refractivity contribution in [2.75, 3.05) is 57.3 Å². The number of anilines is 1. The van der Waals surface area contributed by atoms with Crippen LogP contribution in [0.5, 0.6) is 0 Å². The number of aromatic amines is 1. The number of carbonyl (C=O) groups is 1. The number of piperazine rings is 2. The van der Waals surface area contributed by atoms with Gasteiger partial charge in [-0.15, -0.1) is 0 Å². The average molecular weight is 355 g/mol. The van der Waals surface area contributed by atoms with Crippen molar-refractivity contribution in [1.82, 2.24) is 20.5 Å². The number of benzene rings is 1. The number of fused-ring (bicyclic) bond motifs is 1. The molecule has 0 unspecified atom stereocenters. The molecule has 3 N–H and O–H groups in total. The molecule has 2 aliphatic rings. The molecule has 2 aliphatic heterocycles. The van der Waals surface area contributed by atoms with Crippen molar-refractivity contribution in [3.05, 3.63) is 39.7 Å². The van der Waals surface area contributed by atoms with Crippen molar-refractivity contribution in [3.63, 3.8) is 0 Å². The number of pyridine rings is 1. The molecule has 2 fully saturated rings. The van der Waals surface area contributed by atoms with Crippen molar-refractivity contribution in [2.24, 2.45) is 0 Å². The summed E-state index contributed by atoms with van der Waals surface area (Å²) in [6, 6.07) is 5.98. The highest BCUT2D eigenvalue weighted by Gasteiger charge is 2.28. The summed E-state index contributed by atoms with van der Waals surface area (Å²) in [5, 5.41) is 7.54. The number of hydrogen-bond donors (Lipinski definition) is 3. The average Bonchev–Trinajstić information content (AvgIpc) is 2.68. The van der Waals surface area contributed by atoms with Gasteiger partial charge in [0.05, 0.1) is 11.2 Å². The lowest BCUT2D eigenvalue weighted by Crippen LogP contribution is -2.49. The van der Waals surface area contributed by atoms with Crippen LogP contribution < -0.4 is 21.1 Å². The van der Waals surface area contributed by atoms with E-state index in [1.807, 2.05) is 19.1 Å². The summed E-state index contributed by atoms with van der Waals surface area (Å²) in [4.78, 5) is 33.0. The van der Waals surface area contributed by atoms with E-state index in [1.165, 1.54) is 0 Å². The van der Waals surface area contributed by atoms with Gasteiger partial charge >= 0.3 is 0 Å². The predicted molar refractivity (Wildman–Crippen MR) is 103 cm³/mol. The zero-order valence-electron chi connectivity index (χ0n) is 15.1. The third kappa shape index (κ3) is 3.08. The summed E-state index contributed by atoms with van der Waals surface area (Å²) in [6.45, 7) is 8.09. The summed E-state index contributed by atoms with van der Waals surface area (Å²) >= 11 is 0. The molecule has 0 bridgehead atoms. The van der Waals surface area contributed by atoms with Crippen LogP contribution in [-0.4, -0.2) is 68.1 Å². The van der Waals surface area contributed by atoms with E-state index in [9.17, 15) is 9.59 Å². The Kier molecular flexibility index (Phi) is 4.65. The number of carbonyl (C=O) groups excluding carboxylic acids is 1. The first kappa shape index (κ1) is 17.1. The Morgan fingerprint density at radius 2 is 1.65 bits per heavy atom. The van der Waals surface area contributed by atoms with Crippen LogP contribution in [0.3, 0.4) is 0 Å². The van der Waals surface area contributed by atoms with Gasteiger partial charge in [0.2, 0.25) is 0 Å². The standard InChI is InChI=1S/C19H25N5O2/c1-13-2-3-15-14(12-13)17(23-8-4-20-5-9-23)16(18(25)22-15)19(26)24-10-6-21-7-11-24/h2-3,12,20-21H,4-11H2,1H3,(H,22,25). The summed E-state index contributed by atoms with van der Waals surface area (Å²) < 4.78 is 0. The first-order valence-corrected chi connectivity index (χ1v) is 9.27. The molecule has 4 rings (SSSR count). The number of hydrogen-bond acceptors (Lipinski definition) is 5. The van der Waals surface area contributed by atoms with Gasteiger partial charge in [0.15, 0.2) is 0 Å². The molecule has 1 amide bonds. The van der Waals surface area contributed by atoms with Gasteiger partial charge in [-0.25, -0.2) is 0 Å². The maximum atomic E-state index is 13.2. The molecule has 3 heterocycles. The predicted octanol–water partition coefficient (Wildman–Crippen LogP) is 0.292. The number of amides is 1. The van der Waals surface area contributed by atoms with Crippen LogP contribution in [0, 0.1) is 6.92 Å². The number of aryl methyl sites for hydroxylation is 1. The Morgan fingerprint density at radius 1 is 1.00 bits per heavy atom. The second-order valence-electron chi connectivity index (χ2n) is 7.01. The van der Waals surface area contributed by atoms with Gasteiger partial charge in [-0.2, -0.15) is 0 Å². The number of nitrogens with zero attached hydrogens (tertiary/aromatic N) is 2. The third-order valence-corrected chi connectivity index (χ3v) is 5.19. The highest BCUT2D eigenvalue weighted by molar-refractivity contribution is 6.07. The first-order valence-electron chi connectivity index (χ1n) is 9.27. The highest BCUT2D eigenvalue weighted by Crippen LogP contribution is 2.29. The fourth-order valence-corrected chi connectivity index (χ4v) is 3.83. The Morgan fingerprint density at radius 3 is 2.35 bits per heavy atom. The van der Waals surface area contributed by atoms with E-state index >= 15 is 0 Å². The van der Waals surface area contributed by atoms with E-state index in [1.54, 1.807) is 4.90 Å². The molecule has 2 saturated heterocycles. The summed E-state index contributed by atoms with van der Waals surface area (Å²) in [7, 11) is 0. The van der Waals surface area contributed by atoms with Crippen LogP contribution in [0.1, 0.15) is 15.9 Å². The van der Waals surface area contributed by atoms with Gasteiger partial charge in [-0.3, -0.25) is 9.59 Å². The molecule has 0 aliphatic carbocycles. The summed E-state index contributed by atoms with van der Waals surface area (Å²) in [6.07, 6.45) is 0. The molecule has 26 heavy (non-hydrogen) atoms. The van der Waals surface area contributed by atoms with Gasteiger partial charge in [0.1, 0.15) is 5.56 Å². The van der Waals surface area contributed by atoms with E-state index in [0.717, 1.165) is 61.4 Å². The lowest BCUT2D eigenvalue weighted by atomic mass is 10.0. The van der Waals surface area contributed by atoms with Gasteiger partial charge in [-0.05, 0) is 19.1 Å². The Hall–Kier alpha value is -2.38.